The number of aromatic nitrogens is 1. The topological polar surface area (TPSA) is 62.3 Å². The van der Waals surface area contributed by atoms with E-state index in [2.05, 4.69) is 10.3 Å². The van der Waals surface area contributed by atoms with Crippen LogP contribution in [0.5, 0.6) is 0 Å². The Morgan fingerprint density at radius 1 is 1.56 bits per heavy atom. The zero-order chi connectivity index (χ0) is 13.1. The van der Waals surface area contributed by atoms with Gasteiger partial charge in [-0.05, 0) is 12.3 Å². The summed E-state index contributed by atoms with van der Waals surface area (Å²) in [5.41, 5.74) is 0.933. The van der Waals surface area contributed by atoms with Crippen molar-refractivity contribution in [3.8, 4) is 0 Å². The normalized spacial score (nSPS) is 16.6. The van der Waals surface area contributed by atoms with Crippen LogP contribution < -0.4 is 5.32 Å². The van der Waals surface area contributed by atoms with E-state index < -0.39 is 0 Å². The van der Waals surface area contributed by atoms with E-state index in [4.69, 9.17) is 0 Å². The fourth-order valence-corrected chi connectivity index (χ4v) is 2.71. The zero-order valence-corrected chi connectivity index (χ0v) is 11.4. The Morgan fingerprint density at radius 3 is 3.00 bits per heavy atom. The average Bonchev–Trinajstić information content (AvgIpc) is 2.72. The third-order valence-corrected chi connectivity index (χ3v) is 3.69. The van der Waals surface area contributed by atoms with Gasteiger partial charge in [-0.2, -0.15) is 0 Å². The maximum Gasteiger partial charge on any atom is 0.283 e. The van der Waals surface area contributed by atoms with Crippen molar-refractivity contribution in [3.05, 3.63) is 16.1 Å². The molecule has 0 bridgehead atoms. The highest BCUT2D eigenvalue weighted by atomic mass is 32.1. The molecule has 1 fully saturated rings. The molecule has 1 aliphatic heterocycles. The lowest BCUT2D eigenvalue weighted by Crippen LogP contribution is -2.37. The van der Waals surface area contributed by atoms with Crippen LogP contribution in [0.1, 0.15) is 41.7 Å². The van der Waals surface area contributed by atoms with Crippen LogP contribution in [0.4, 0.5) is 0 Å². The lowest BCUT2D eigenvalue weighted by atomic mass is 10.2. The quantitative estimate of drug-likeness (QED) is 0.876. The molecule has 0 unspecified atom stereocenters. The van der Waals surface area contributed by atoms with Crippen LogP contribution in [0.2, 0.25) is 0 Å². The number of nitrogens with zero attached hydrogens (tertiary/aromatic N) is 2. The summed E-state index contributed by atoms with van der Waals surface area (Å²) in [4.78, 5) is 29.6. The van der Waals surface area contributed by atoms with Gasteiger partial charge >= 0.3 is 0 Å². The number of nitrogens with one attached hydrogen (secondary N) is 1. The van der Waals surface area contributed by atoms with Gasteiger partial charge in [0.05, 0.1) is 12.2 Å². The number of carbonyl (C=O) groups excluding carboxylic acids is 2. The predicted octanol–water partition coefficient (Wildman–Crippen LogP) is 1.23. The van der Waals surface area contributed by atoms with Crippen LogP contribution in [-0.2, 0) is 4.79 Å². The molecule has 6 heteroatoms. The van der Waals surface area contributed by atoms with Crippen LogP contribution >= 0.6 is 11.3 Å². The van der Waals surface area contributed by atoms with E-state index in [-0.39, 0.29) is 18.4 Å². The SMILES string of the molecule is CC(C)c1csc(C(=O)N2CCCNC(=O)C2)n1. The maximum absolute atomic E-state index is 12.2. The van der Waals surface area contributed by atoms with E-state index in [1.807, 2.05) is 19.2 Å². The lowest BCUT2D eigenvalue weighted by molar-refractivity contribution is -0.121. The molecule has 2 rings (SSSR count). The minimum absolute atomic E-state index is 0.0958. The molecule has 0 aromatic carbocycles. The number of amides is 2. The fourth-order valence-electron chi connectivity index (χ4n) is 1.76. The predicted molar refractivity (Wildman–Crippen MR) is 69.7 cm³/mol. The number of thiazole rings is 1. The molecule has 1 aliphatic rings. The van der Waals surface area contributed by atoms with Gasteiger partial charge in [-0.1, -0.05) is 13.8 Å². The molecule has 2 heterocycles. The summed E-state index contributed by atoms with van der Waals surface area (Å²) in [6.07, 6.45) is 0.792. The highest BCUT2D eigenvalue weighted by Gasteiger charge is 2.23. The van der Waals surface area contributed by atoms with E-state index in [1.54, 1.807) is 4.90 Å². The molecule has 98 valence electrons. The summed E-state index contributed by atoms with van der Waals surface area (Å²) >= 11 is 1.35. The fraction of sp³-hybridized carbons (Fsp3) is 0.583. The third kappa shape index (κ3) is 2.87. The van der Waals surface area contributed by atoms with Crippen molar-refractivity contribution < 1.29 is 9.59 Å². The van der Waals surface area contributed by atoms with Crippen LogP contribution in [0, 0.1) is 0 Å². The molecule has 0 spiro atoms. The Balaban J connectivity index is 2.11. The third-order valence-electron chi connectivity index (χ3n) is 2.85. The largest absolute Gasteiger partial charge is 0.354 e. The Hall–Kier alpha value is -1.43. The van der Waals surface area contributed by atoms with Crippen molar-refractivity contribution in [2.75, 3.05) is 19.6 Å². The van der Waals surface area contributed by atoms with Crippen LogP contribution in [-0.4, -0.2) is 41.3 Å². The molecule has 1 aromatic heterocycles. The lowest BCUT2D eigenvalue weighted by Gasteiger charge is -2.17. The van der Waals surface area contributed by atoms with Gasteiger partial charge in [0.15, 0.2) is 5.01 Å². The van der Waals surface area contributed by atoms with Crippen molar-refractivity contribution in [1.82, 2.24) is 15.2 Å². The molecule has 0 radical (unpaired) electrons. The van der Waals surface area contributed by atoms with E-state index in [0.717, 1.165) is 12.1 Å². The first kappa shape index (κ1) is 13.0. The Kier molecular flexibility index (Phi) is 3.96. The molecular formula is C12H17N3O2S. The van der Waals surface area contributed by atoms with Gasteiger partial charge in [-0.3, -0.25) is 9.59 Å². The second kappa shape index (κ2) is 5.48. The highest BCUT2D eigenvalue weighted by molar-refractivity contribution is 7.11. The van der Waals surface area contributed by atoms with Gasteiger partial charge in [0.2, 0.25) is 5.91 Å². The van der Waals surface area contributed by atoms with E-state index >= 15 is 0 Å². The van der Waals surface area contributed by atoms with E-state index in [0.29, 0.717) is 24.0 Å². The minimum atomic E-state index is -0.135. The summed E-state index contributed by atoms with van der Waals surface area (Å²) in [5, 5.41) is 5.15. The van der Waals surface area contributed by atoms with Crippen LogP contribution in [0.25, 0.3) is 0 Å². The van der Waals surface area contributed by atoms with Gasteiger partial charge in [-0.25, -0.2) is 4.98 Å². The van der Waals surface area contributed by atoms with Crippen LogP contribution in [0.15, 0.2) is 5.38 Å². The monoisotopic (exact) mass is 267 g/mol. The van der Waals surface area contributed by atoms with Crippen molar-refractivity contribution in [2.45, 2.75) is 26.2 Å². The molecule has 5 nitrogen and oxygen atoms in total. The standard InChI is InChI=1S/C12H17N3O2S/c1-8(2)9-7-18-11(14-9)12(17)15-5-3-4-13-10(16)6-15/h7-8H,3-6H2,1-2H3,(H,13,16). The summed E-state index contributed by atoms with van der Waals surface area (Å²) in [6.45, 7) is 5.46. The summed E-state index contributed by atoms with van der Waals surface area (Å²) in [7, 11) is 0. The Morgan fingerprint density at radius 2 is 2.33 bits per heavy atom. The molecule has 0 atom stereocenters. The first-order chi connectivity index (χ1) is 8.58. The van der Waals surface area contributed by atoms with E-state index in [9.17, 15) is 9.59 Å². The Bertz CT molecular complexity index is 456. The van der Waals surface area contributed by atoms with Crippen molar-refractivity contribution in [3.63, 3.8) is 0 Å². The second-order valence-corrected chi connectivity index (χ2v) is 5.52. The molecular weight excluding hydrogens is 250 g/mol. The second-order valence-electron chi connectivity index (χ2n) is 4.66. The first-order valence-corrected chi connectivity index (χ1v) is 6.97. The Labute approximate surface area is 110 Å². The molecule has 2 amide bonds. The number of carbonyl (C=O) groups is 2. The highest BCUT2D eigenvalue weighted by Crippen LogP contribution is 2.19. The molecule has 18 heavy (non-hydrogen) atoms. The zero-order valence-electron chi connectivity index (χ0n) is 10.6. The maximum atomic E-state index is 12.2. The molecule has 1 N–H and O–H groups in total. The molecule has 0 saturated carbocycles. The van der Waals surface area contributed by atoms with Crippen LogP contribution in [0.3, 0.4) is 0 Å². The number of rotatable bonds is 2. The van der Waals surface area contributed by atoms with Crippen molar-refractivity contribution >= 4 is 23.2 Å². The van der Waals surface area contributed by atoms with E-state index in [1.165, 1.54) is 11.3 Å². The average molecular weight is 267 g/mol. The van der Waals surface area contributed by atoms with Gasteiger partial charge in [-0.15, -0.1) is 11.3 Å². The minimum Gasteiger partial charge on any atom is -0.354 e. The summed E-state index contributed by atoms with van der Waals surface area (Å²) < 4.78 is 0. The molecule has 1 saturated heterocycles. The van der Waals surface area contributed by atoms with Crippen molar-refractivity contribution in [2.24, 2.45) is 0 Å². The molecule has 1 aromatic rings. The smallest absolute Gasteiger partial charge is 0.283 e. The van der Waals surface area contributed by atoms with Gasteiger partial charge in [0.1, 0.15) is 0 Å². The molecule has 0 aliphatic carbocycles. The number of hydrogen-bond donors (Lipinski definition) is 1. The van der Waals surface area contributed by atoms with Gasteiger partial charge in [0, 0.05) is 18.5 Å². The van der Waals surface area contributed by atoms with Crippen molar-refractivity contribution in [1.29, 1.82) is 0 Å². The number of hydrogen-bond acceptors (Lipinski definition) is 4. The first-order valence-electron chi connectivity index (χ1n) is 6.09. The van der Waals surface area contributed by atoms with Gasteiger partial charge in [0.25, 0.3) is 5.91 Å². The summed E-state index contributed by atoms with van der Waals surface area (Å²) in [6, 6.07) is 0. The van der Waals surface area contributed by atoms with Gasteiger partial charge < -0.3 is 10.2 Å². The summed E-state index contributed by atoms with van der Waals surface area (Å²) in [5.74, 6) is 0.0840.